The number of carbonyl (C=O) groups is 2. The van der Waals surface area contributed by atoms with Gasteiger partial charge in [-0.2, -0.15) is 0 Å². The fourth-order valence-corrected chi connectivity index (χ4v) is 5.39. The molecule has 13 heteroatoms. The number of anilines is 1. The number of benzene rings is 1. The van der Waals surface area contributed by atoms with Gasteiger partial charge in [0.2, 0.25) is 5.91 Å². The molecule has 222 valence electrons. The molecule has 3 N–H and O–H groups in total. The van der Waals surface area contributed by atoms with Crippen molar-refractivity contribution in [1.82, 2.24) is 25.0 Å². The highest BCUT2D eigenvalue weighted by Crippen LogP contribution is 2.38. The zero-order valence-electron chi connectivity index (χ0n) is 23.4. The van der Waals surface area contributed by atoms with E-state index in [4.69, 9.17) is 9.84 Å². The third kappa shape index (κ3) is 7.60. The SMILES string of the molecule is C=C(/N=C\N(C)CCN1CCN(C(=O)CO)CC1)c1cc2nccc(Oc3ccc(NC(=O)NC4CC4)cc3F)c2s1. The van der Waals surface area contributed by atoms with E-state index in [0.717, 1.165) is 48.6 Å². The van der Waals surface area contributed by atoms with E-state index in [1.807, 2.05) is 18.0 Å². The first-order chi connectivity index (χ1) is 20.3. The van der Waals surface area contributed by atoms with Crippen LogP contribution in [0.2, 0.25) is 0 Å². The lowest BCUT2D eigenvalue weighted by Crippen LogP contribution is -2.50. The summed E-state index contributed by atoms with van der Waals surface area (Å²) in [6.45, 7) is 8.01. The number of aliphatic hydroxyl groups excluding tert-OH is 1. The Bertz CT molecular complexity index is 1480. The Hall–Kier alpha value is -4.07. The van der Waals surface area contributed by atoms with Crippen LogP contribution in [0.4, 0.5) is 14.9 Å². The van der Waals surface area contributed by atoms with E-state index in [-0.39, 0.29) is 23.7 Å². The number of rotatable bonds is 11. The third-order valence-corrected chi connectivity index (χ3v) is 8.21. The molecule has 3 heterocycles. The Morgan fingerprint density at radius 2 is 2.02 bits per heavy atom. The predicted octanol–water partition coefficient (Wildman–Crippen LogP) is 3.58. The molecular weight excluding hydrogens is 561 g/mol. The van der Waals surface area contributed by atoms with Crippen LogP contribution in [-0.4, -0.2) is 102 Å². The van der Waals surface area contributed by atoms with Crippen molar-refractivity contribution in [3.8, 4) is 11.5 Å². The number of nitrogens with zero attached hydrogens (tertiary/aromatic N) is 5. The van der Waals surface area contributed by atoms with E-state index >= 15 is 0 Å². The second-order valence-corrected chi connectivity index (χ2v) is 11.4. The number of nitrogens with one attached hydrogen (secondary N) is 2. The maximum atomic E-state index is 14.8. The lowest BCUT2D eigenvalue weighted by atomic mass is 10.3. The highest BCUT2D eigenvalue weighted by Gasteiger charge is 2.23. The summed E-state index contributed by atoms with van der Waals surface area (Å²) in [6, 6.07) is 7.71. The second-order valence-electron chi connectivity index (χ2n) is 10.3. The fraction of sp³-hybridized carbons (Fsp3) is 0.379. The van der Waals surface area contributed by atoms with E-state index < -0.39 is 12.4 Å². The van der Waals surface area contributed by atoms with Crippen LogP contribution in [-0.2, 0) is 4.79 Å². The Kier molecular flexibility index (Phi) is 9.30. The summed E-state index contributed by atoms with van der Waals surface area (Å²) < 4.78 is 21.5. The number of piperazine rings is 1. The van der Waals surface area contributed by atoms with Crippen LogP contribution in [0.3, 0.4) is 0 Å². The number of hydrogen-bond acceptors (Lipinski definition) is 8. The molecule has 1 aliphatic heterocycles. The van der Waals surface area contributed by atoms with Crippen LogP contribution >= 0.6 is 11.3 Å². The molecule has 0 spiro atoms. The number of aromatic nitrogens is 1. The lowest BCUT2D eigenvalue weighted by Gasteiger charge is -2.35. The molecule has 3 amide bonds. The Labute approximate surface area is 247 Å². The van der Waals surface area contributed by atoms with Crippen molar-refractivity contribution in [3.63, 3.8) is 0 Å². The van der Waals surface area contributed by atoms with Crippen molar-refractivity contribution in [2.24, 2.45) is 4.99 Å². The molecule has 0 bridgehead atoms. The molecule has 2 aliphatic rings. The molecule has 5 rings (SSSR count). The quantitative estimate of drug-likeness (QED) is 0.229. The first-order valence-corrected chi connectivity index (χ1v) is 14.6. The molecule has 0 radical (unpaired) electrons. The molecule has 11 nitrogen and oxygen atoms in total. The summed E-state index contributed by atoms with van der Waals surface area (Å²) in [5, 5.41) is 14.5. The number of pyridine rings is 1. The van der Waals surface area contributed by atoms with Crippen LogP contribution < -0.4 is 15.4 Å². The van der Waals surface area contributed by atoms with Gasteiger partial charge in [0.25, 0.3) is 0 Å². The first kappa shape index (κ1) is 29.4. The summed E-state index contributed by atoms with van der Waals surface area (Å²) in [5.74, 6) is -0.335. The van der Waals surface area contributed by atoms with Gasteiger partial charge in [-0.05, 0) is 31.0 Å². The summed E-state index contributed by atoms with van der Waals surface area (Å²) in [4.78, 5) is 39.3. The molecule has 0 unspecified atom stereocenters. The zero-order valence-corrected chi connectivity index (χ0v) is 24.2. The van der Waals surface area contributed by atoms with E-state index in [0.29, 0.717) is 35.7 Å². The smallest absolute Gasteiger partial charge is 0.319 e. The number of hydrogen-bond donors (Lipinski definition) is 3. The number of carbonyl (C=O) groups excluding carboxylic acids is 2. The average Bonchev–Trinajstić information content (AvgIpc) is 3.69. The summed E-state index contributed by atoms with van der Waals surface area (Å²) >= 11 is 1.41. The van der Waals surface area contributed by atoms with E-state index in [9.17, 15) is 14.0 Å². The Morgan fingerprint density at radius 3 is 2.74 bits per heavy atom. The summed E-state index contributed by atoms with van der Waals surface area (Å²) in [6.07, 6.45) is 5.27. The van der Waals surface area contributed by atoms with Crippen molar-refractivity contribution >= 4 is 51.2 Å². The van der Waals surface area contributed by atoms with Crippen molar-refractivity contribution < 1.29 is 23.8 Å². The summed E-state index contributed by atoms with van der Waals surface area (Å²) in [5.41, 5.74) is 1.59. The van der Waals surface area contributed by atoms with E-state index in [1.165, 1.54) is 23.5 Å². The fourth-order valence-electron chi connectivity index (χ4n) is 4.41. The van der Waals surface area contributed by atoms with Gasteiger partial charge in [0.15, 0.2) is 11.6 Å². The Morgan fingerprint density at radius 1 is 1.24 bits per heavy atom. The van der Waals surface area contributed by atoms with Gasteiger partial charge < -0.3 is 30.3 Å². The molecule has 3 aromatic rings. The molecule has 2 aromatic heterocycles. The minimum atomic E-state index is -0.599. The van der Waals surface area contributed by atoms with Gasteiger partial charge in [0.1, 0.15) is 12.4 Å². The number of amides is 3. The normalized spacial score (nSPS) is 15.6. The van der Waals surface area contributed by atoms with Crippen LogP contribution in [0, 0.1) is 5.82 Å². The second kappa shape index (κ2) is 13.3. The molecular formula is C29H34FN7O4S. The third-order valence-electron chi connectivity index (χ3n) is 7.02. The molecule has 1 saturated carbocycles. The number of thiophene rings is 1. The first-order valence-electron chi connectivity index (χ1n) is 13.8. The van der Waals surface area contributed by atoms with E-state index in [2.05, 4.69) is 32.1 Å². The van der Waals surface area contributed by atoms with Gasteiger partial charge in [0, 0.05) is 76.4 Å². The molecule has 1 saturated heterocycles. The lowest BCUT2D eigenvalue weighted by molar-refractivity contribution is -0.135. The minimum Gasteiger partial charge on any atom is -0.453 e. The zero-order chi connectivity index (χ0) is 29.6. The van der Waals surface area contributed by atoms with Gasteiger partial charge in [-0.3, -0.25) is 14.7 Å². The molecule has 2 fully saturated rings. The van der Waals surface area contributed by atoms with Gasteiger partial charge in [-0.15, -0.1) is 11.3 Å². The predicted molar refractivity (Wildman–Crippen MR) is 162 cm³/mol. The van der Waals surface area contributed by atoms with Gasteiger partial charge in [0.05, 0.1) is 27.1 Å². The number of likely N-dealkylation sites (N-methyl/N-ethyl adjacent to an activating group) is 1. The topological polar surface area (TPSA) is 123 Å². The van der Waals surface area contributed by atoms with Crippen molar-refractivity contribution in [1.29, 1.82) is 0 Å². The number of aliphatic imine (C=N–C) groups is 1. The maximum Gasteiger partial charge on any atom is 0.319 e. The van der Waals surface area contributed by atoms with Crippen molar-refractivity contribution in [3.05, 3.63) is 53.8 Å². The maximum absolute atomic E-state index is 14.8. The van der Waals surface area contributed by atoms with Crippen LogP contribution in [0.5, 0.6) is 11.5 Å². The monoisotopic (exact) mass is 595 g/mol. The standard InChI is InChI=1S/C29H34FN7O4S/c1-19(32-18-35(2)9-10-36-11-13-37(14-12-36)27(39)17-38)26-16-23-28(42-26)25(7-8-31-23)41-24-6-5-21(15-22(24)30)34-29(40)33-20-3-4-20/h5-8,15-16,18,20,38H,1,3-4,9-14,17H2,2H3,(H2,33,34,40)/b32-18-. The molecule has 1 aromatic carbocycles. The van der Waals surface area contributed by atoms with Crippen LogP contribution in [0.1, 0.15) is 17.7 Å². The van der Waals surface area contributed by atoms with Gasteiger partial charge >= 0.3 is 6.03 Å². The highest BCUT2D eigenvalue weighted by molar-refractivity contribution is 7.20. The average molecular weight is 596 g/mol. The van der Waals surface area contributed by atoms with Gasteiger partial charge in [-0.25, -0.2) is 14.2 Å². The number of halogens is 1. The van der Waals surface area contributed by atoms with Gasteiger partial charge in [-0.1, -0.05) is 6.58 Å². The minimum absolute atomic E-state index is 0.0329. The largest absolute Gasteiger partial charge is 0.453 e. The number of urea groups is 1. The number of fused-ring (bicyclic) bond motifs is 1. The van der Waals surface area contributed by atoms with Crippen molar-refractivity contribution in [2.75, 3.05) is 58.2 Å². The number of aliphatic hydroxyl groups is 1. The molecule has 0 atom stereocenters. The van der Waals surface area contributed by atoms with Crippen molar-refractivity contribution in [2.45, 2.75) is 18.9 Å². The van der Waals surface area contributed by atoms with E-state index in [1.54, 1.807) is 29.6 Å². The number of ether oxygens (including phenoxy) is 1. The van der Waals surface area contributed by atoms with Crippen LogP contribution in [0.25, 0.3) is 15.9 Å². The van der Waals surface area contributed by atoms with Crippen LogP contribution in [0.15, 0.2) is 48.1 Å². The molecule has 42 heavy (non-hydrogen) atoms. The summed E-state index contributed by atoms with van der Waals surface area (Å²) in [7, 11) is 1.94. The molecule has 1 aliphatic carbocycles. The Balaban J connectivity index is 1.16. The highest BCUT2D eigenvalue weighted by atomic mass is 32.1.